The third kappa shape index (κ3) is 3.44. The van der Waals surface area contributed by atoms with Gasteiger partial charge >= 0.3 is 0 Å². The molecule has 1 aromatic carbocycles. The first kappa shape index (κ1) is 19.6. The molecule has 3 aromatic rings. The molecule has 2 aromatic heterocycles. The lowest BCUT2D eigenvalue weighted by Crippen LogP contribution is -2.71. The van der Waals surface area contributed by atoms with E-state index in [2.05, 4.69) is 31.8 Å². The van der Waals surface area contributed by atoms with Gasteiger partial charge in [-0.15, -0.1) is 0 Å². The molecule has 7 heteroatoms. The molecule has 31 heavy (non-hydrogen) atoms. The minimum absolute atomic E-state index is 0.0262. The zero-order valence-corrected chi connectivity index (χ0v) is 18.1. The van der Waals surface area contributed by atoms with Crippen LogP contribution < -0.4 is 4.90 Å². The van der Waals surface area contributed by atoms with Gasteiger partial charge in [0.15, 0.2) is 5.82 Å². The van der Waals surface area contributed by atoms with E-state index in [-0.39, 0.29) is 17.4 Å². The minimum Gasteiger partial charge on any atom is -0.337 e. The van der Waals surface area contributed by atoms with E-state index in [0.29, 0.717) is 17.9 Å². The second-order valence-electron chi connectivity index (χ2n) is 8.87. The molecular weight excluding hydrogens is 388 g/mol. The number of aryl methyl sites for hydroxylation is 2. The van der Waals surface area contributed by atoms with Crippen LogP contribution in [0.1, 0.15) is 35.1 Å². The van der Waals surface area contributed by atoms with E-state index >= 15 is 0 Å². The number of aromatic nitrogens is 4. The number of carbonyl (C=O) groups excluding carboxylic acids is 1. The molecule has 2 aliphatic heterocycles. The number of rotatable bonds is 3. The monoisotopic (exact) mass is 414 g/mol. The second-order valence-corrected chi connectivity index (χ2v) is 8.87. The summed E-state index contributed by atoms with van der Waals surface area (Å²) >= 11 is 0. The van der Waals surface area contributed by atoms with Gasteiger partial charge in [0, 0.05) is 54.4 Å². The zero-order valence-electron chi connectivity index (χ0n) is 18.1. The van der Waals surface area contributed by atoms with Gasteiger partial charge in [-0.25, -0.2) is 19.9 Å². The summed E-state index contributed by atoms with van der Waals surface area (Å²) in [5.41, 5.74) is 3.53. The van der Waals surface area contributed by atoms with E-state index < -0.39 is 0 Å². The summed E-state index contributed by atoms with van der Waals surface area (Å²) in [6.07, 6.45) is 4.37. The number of nitrogens with zero attached hydrogens (tertiary/aromatic N) is 6. The number of fused-ring (bicyclic) bond motifs is 1. The number of benzene rings is 1. The highest BCUT2D eigenvalue weighted by molar-refractivity contribution is 6.00. The lowest BCUT2D eigenvalue weighted by atomic mass is 9.68. The Bertz CT molecular complexity index is 1110. The van der Waals surface area contributed by atoms with Gasteiger partial charge in [0.1, 0.15) is 0 Å². The number of carbonyl (C=O) groups is 1. The van der Waals surface area contributed by atoms with E-state index in [1.54, 1.807) is 18.5 Å². The fraction of sp³-hybridized carbons (Fsp3) is 0.375. The summed E-state index contributed by atoms with van der Waals surface area (Å²) in [6.45, 7) is 8.64. The highest BCUT2D eigenvalue weighted by Gasteiger charge is 2.53. The average Bonchev–Trinajstić information content (AvgIpc) is 2.76. The number of likely N-dealkylation sites (tertiary alicyclic amines) is 1. The van der Waals surface area contributed by atoms with Crippen molar-refractivity contribution < 1.29 is 4.79 Å². The number of amides is 1. The Morgan fingerprint density at radius 1 is 1.06 bits per heavy atom. The summed E-state index contributed by atoms with van der Waals surface area (Å²) in [4.78, 5) is 35.8. The van der Waals surface area contributed by atoms with Gasteiger partial charge in [-0.1, -0.05) is 25.1 Å². The summed E-state index contributed by atoms with van der Waals surface area (Å²) < 4.78 is 0. The third-order valence-corrected chi connectivity index (χ3v) is 6.54. The topological polar surface area (TPSA) is 75.1 Å². The third-order valence-electron chi connectivity index (χ3n) is 6.54. The maximum absolute atomic E-state index is 13.5. The number of piperidine rings is 1. The first-order chi connectivity index (χ1) is 14.9. The molecule has 0 saturated carbocycles. The predicted octanol–water partition coefficient (Wildman–Crippen LogP) is 3.29. The molecule has 2 atom stereocenters. The normalized spacial score (nSPS) is 22.6. The van der Waals surface area contributed by atoms with Crippen molar-refractivity contribution in [2.24, 2.45) is 5.41 Å². The van der Waals surface area contributed by atoms with Crippen LogP contribution in [0, 0.1) is 19.3 Å². The summed E-state index contributed by atoms with van der Waals surface area (Å²) in [7, 11) is 0. The van der Waals surface area contributed by atoms with Crippen molar-refractivity contribution in [2.45, 2.75) is 33.2 Å². The molecule has 2 fully saturated rings. The SMILES string of the molecule is Cc1cc(C)nc(N2C[C@]3(C)CCN(C(=O)c4ccccc4-c4ncccn4)C[C@H]23)n1. The van der Waals surface area contributed by atoms with E-state index in [1.807, 2.05) is 49.1 Å². The van der Waals surface area contributed by atoms with Crippen molar-refractivity contribution in [3.8, 4) is 11.4 Å². The Morgan fingerprint density at radius 2 is 1.77 bits per heavy atom. The van der Waals surface area contributed by atoms with Crippen molar-refractivity contribution >= 4 is 11.9 Å². The first-order valence-corrected chi connectivity index (χ1v) is 10.7. The summed E-state index contributed by atoms with van der Waals surface area (Å²) in [5, 5.41) is 0. The Balaban J connectivity index is 1.41. The van der Waals surface area contributed by atoms with Crippen molar-refractivity contribution in [3.63, 3.8) is 0 Å². The van der Waals surface area contributed by atoms with Gasteiger partial charge < -0.3 is 9.80 Å². The van der Waals surface area contributed by atoms with E-state index in [0.717, 1.165) is 42.4 Å². The largest absolute Gasteiger partial charge is 0.337 e. The molecule has 1 amide bonds. The quantitative estimate of drug-likeness (QED) is 0.655. The molecule has 0 unspecified atom stereocenters. The van der Waals surface area contributed by atoms with Crippen LogP contribution in [0.15, 0.2) is 48.8 Å². The van der Waals surface area contributed by atoms with Crippen LogP contribution in [0.4, 0.5) is 5.95 Å². The maximum Gasteiger partial charge on any atom is 0.254 e. The van der Waals surface area contributed by atoms with Crippen LogP contribution in [0.2, 0.25) is 0 Å². The fourth-order valence-corrected chi connectivity index (χ4v) is 4.83. The Labute approximate surface area is 182 Å². The van der Waals surface area contributed by atoms with Gasteiger partial charge in [-0.2, -0.15) is 0 Å². The van der Waals surface area contributed by atoms with Crippen LogP contribution in [0.25, 0.3) is 11.4 Å². The number of hydrogen-bond acceptors (Lipinski definition) is 6. The molecule has 4 heterocycles. The Kier molecular flexibility index (Phi) is 4.68. The average molecular weight is 415 g/mol. The molecule has 0 aliphatic carbocycles. The molecule has 0 spiro atoms. The summed E-state index contributed by atoms with van der Waals surface area (Å²) in [5.74, 6) is 1.37. The molecule has 0 radical (unpaired) electrons. The fourth-order valence-electron chi connectivity index (χ4n) is 4.83. The lowest BCUT2D eigenvalue weighted by molar-refractivity contribution is 0.0294. The van der Waals surface area contributed by atoms with E-state index in [9.17, 15) is 4.79 Å². The molecular formula is C24H26N6O. The molecule has 0 bridgehead atoms. The molecule has 158 valence electrons. The van der Waals surface area contributed by atoms with Gasteiger partial charge in [-0.05, 0) is 38.5 Å². The van der Waals surface area contributed by atoms with Gasteiger partial charge in [0.25, 0.3) is 5.91 Å². The van der Waals surface area contributed by atoms with Crippen LogP contribution in [0.5, 0.6) is 0 Å². The van der Waals surface area contributed by atoms with Gasteiger partial charge in [-0.3, -0.25) is 4.79 Å². The number of hydrogen-bond donors (Lipinski definition) is 0. The van der Waals surface area contributed by atoms with Crippen LogP contribution in [-0.2, 0) is 0 Å². The zero-order chi connectivity index (χ0) is 21.6. The van der Waals surface area contributed by atoms with Gasteiger partial charge in [0.2, 0.25) is 5.95 Å². The smallest absolute Gasteiger partial charge is 0.254 e. The lowest BCUT2D eigenvalue weighted by Gasteiger charge is -2.60. The van der Waals surface area contributed by atoms with Crippen molar-refractivity contribution in [1.82, 2.24) is 24.8 Å². The second kappa shape index (κ2) is 7.41. The van der Waals surface area contributed by atoms with E-state index in [1.165, 1.54) is 0 Å². The molecule has 7 nitrogen and oxygen atoms in total. The molecule has 2 saturated heterocycles. The standard InChI is InChI=1S/C24H26N6O/c1-16-13-17(2)28-23(27-16)30-15-24(3)9-12-29(14-20(24)30)22(31)19-8-5-4-7-18(19)21-25-10-6-11-26-21/h4-8,10-11,13,20H,9,12,14-15H2,1-3H3/t20-,24-/m0/s1. The van der Waals surface area contributed by atoms with Crippen LogP contribution >= 0.6 is 0 Å². The highest BCUT2D eigenvalue weighted by atomic mass is 16.2. The Morgan fingerprint density at radius 3 is 2.52 bits per heavy atom. The van der Waals surface area contributed by atoms with Crippen molar-refractivity contribution in [3.05, 3.63) is 65.7 Å². The first-order valence-electron chi connectivity index (χ1n) is 10.7. The molecule has 2 aliphatic rings. The molecule has 0 N–H and O–H groups in total. The maximum atomic E-state index is 13.5. The predicted molar refractivity (Wildman–Crippen MR) is 119 cm³/mol. The van der Waals surface area contributed by atoms with Crippen molar-refractivity contribution in [2.75, 3.05) is 24.5 Å². The van der Waals surface area contributed by atoms with Crippen LogP contribution in [-0.4, -0.2) is 56.4 Å². The van der Waals surface area contributed by atoms with Gasteiger partial charge in [0.05, 0.1) is 11.6 Å². The highest BCUT2D eigenvalue weighted by Crippen LogP contribution is 2.45. The van der Waals surface area contributed by atoms with Crippen molar-refractivity contribution in [1.29, 1.82) is 0 Å². The molecule has 5 rings (SSSR count). The Hall–Kier alpha value is -3.35. The summed E-state index contributed by atoms with van der Waals surface area (Å²) in [6, 6.07) is 11.6. The van der Waals surface area contributed by atoms with Crippen LogP contribution in [0.3, 0.4) is 0 Å². The van der Waals surface area contributed by atoms with E-state index in [4.69, 9.17) is 0 Å². The minimum atomic E-state index is 0.0262. The number of anilines is 1.